The Hall–Kier alpha value is -2.69. The van der Waals surface area contributed by atoms with Crippen LogP contribution in [0.25, 0.3) is 0 Å². The zero-order valence-electron chi connectivity index (χ0n) is 12.4. The summed E-state index contributed by atoms with van der Waals surface area (Å²) in [6.07, 6.45) is 0.112. The summed E-state index contributed by atoms with van der Waals surface area (Å²) in [6.45, 7) is 4.92. The van der Waals surface area contributed by atoms with Gasteiger partial charge in [0.1, 0.15) is 17.7 Å². The van der Waals surface area contributed by atoms with Gasteiger partial charge in [0.15, 0.2) is 11.5 Å². The highest BCUT2D eigenvalue weighted by atomic mass is 19.1. The van der Waals surface area contributed by atoms with E-state index in [1.807, 2.05) is 0 Å². The number of hydrogen-bond acceptors (Lipinski definition) is 5. The number of nitrogens with zero attached hydrogens (tertiary/aromatic N) is 2. The number of aromatic nitrogens is 1. The standard InChI is InChI=1S/C14H16FN3O4/c1-14(2,3)22-13(21)18-10(12(19)20)5-8-4-9(15)11(6-16)17-7-8/h4,7,10H,5H2,1-3H3,(H,18,21)(H,19,20). The van der Waals surface area contributed by atoms with E-state index in [0.717, 1.165) is 6.07 Å². The van der Waals surface area contributed by atoms with Crippen molar-refractivity contribution >= 4 is 12.1 Å². The van der Waals surface area contributed by atoms with Gasteiger partial charge < -0.3 is 15.2 Å². The summed E-state index contributed by atoms with van der Waals surface area (Å²) in [7, 11) is 0. The number of carboxylic acids is 1. The number of amides is 1. The summed E-state index contributed by atoms with van der Waals surface area (Å²) in [6, 6.07) is 1.27. The summed E-state index contributed by atoms with van der Waals surface area (Å²) in [5.41, 5.74) is -0.911. The van der Waals surface area contributed by atoms with E-state index in [-0.39, 0.29) is 17.7 Å². The van der Waals surface area contributed by atoms with E-state index in [0.29, 0.717) is 0 Å². The molecule has 8 heteroatoms. The molecule has 7 nitrogen and oxygen atoms in total. The highest BCUT2D eigenvalue weighted by molar-refractivity contribution is 5.80. The molecule has 0 aliphatic heterocycles. The van der Waals surface area contributed by atoms with Gasteiger partial charge in [-0.05, 0) is 32.4 Å². The molecule has 1 unspecified atom stereocenters. The lowest BCUT2D eigenvalue weighted by molar-refractivity contribution is -0.139. The zero-order chi connectivity index (χ0) is 16.9. The molecular formula is C14H16FN3O4. The van der Waals surface area contributed by atoms with Gasteiger partial charge in [-0.1, -0.05) is 0 Å². The van der Waals surface area contributed by atoms with Crippen LogP contribution in [0.2, 0.25) is 0 Å². The number of nitriles is 1. The lowest BCUT2D eigenvalue weighted by atomic mass is 10.1. The van der Waals surface area contributed by atoms with Crippen LogP contribution in [-0.2, 0) is 16.0 Å². The molecule has 0 saturated heterocycles. The maximum absolute atomic E-state index is 13.4. The molecule has 1 amide bonds. The van der Waals surface area contributed by atoms with Crippen molar-refractivity contribution in [3.8, 4) is 6.07 Å². The second-order valence-electron chi connectivity index (χ2n) is 5.53. The molecule has 0 bridgehead atoms. The van der Waals surface area contributed by atoms with Gasteiger partial charge in [0.05, 0.1) is 0 Å². The van der Waals surface area contributed by atoms with Gasteiger partial charge in [-0.15, -0.1) is 0 Å². The van der Waals surface area contributed by atoms with Gasteiger partial charge in [0.25, 0.3) is 0 Å². The minimum absolute atomic E-state index is 0.190. The monoisotopic (exact) mass is 309 g/mol. The van der Waals surface area contributed by atoms with Gasteiger partial charge in [0.2, 0.25) is 0 Å². The first-order valence-corrected chi connectivity index (χ1v) is 6.39. The molecule has 1 atom stereocenters. The maximum atomic E-state index is 13.4. The highest BCUT2D eigenvalue weighted by Crippen LogP contribution is 2.10. The van der Waals surface area contributed by atoms with Crippen molar-refractivity contribution in [1.29, 1.82) is 5.26 Å². The molecule has 1 rings (SSSR count). The number of alkyl carbamates (subject to hydrolysis) is 1. The van der Waals surface area contributed by atoms with Crippen molar-refractivity contribution in [1.82, 2.24) is 10.3 Å². The molecule has 22 heavy (non-hydrogen) atoms. The van der Waals surface area contributed by atoms with Crippen LogP contribution in [-0.4, -0.2) is 33.8 Å². The molecule has 0 saturated carbocycles. The number of pyridine rings is 1. The molecule has 1 heterocycles. The third-order valence-corrected chi connectivity index (χ3v) is 2.43. The van der Waals surface area contributed by atoms with Crippen LogP contribution in [0.5, 0.6) is 0 Å². The second kappa shape index (κ2) is 6.85. The molecule has 118 valence electrons. The number of hydrogen-bond donors (Lipinski definition) is 2. The Labute approximate surface area is 126 Å². The number of aliphatic carboxylic acids is 1. The van der Waals surface area contributed by atoms with Crippen LogP contribution in [0.4, 0.5) is 9.18 Å². The van der Waals surface area contributed by atoms with Crippen molar-refractivity contribution < 1.29 is 23.8 Å². The van der Waals surface area contributed by atoms with E-state index in [1.165, 1.54) is 6.20 Å². The van der Waals surface area contributed by atoms with E-state index in [1.54, 1.807) is 26.8 Å². The Morgan fingerprint density at radius 2 is 2.18 bits per heavy atom. The number of rotatable bonds is 4. The summed E-state index contributed by atoms with van der Waals surface area (Å²) in [5.74, 6) is -2.14. The van der Waals surface area contributed by atoms with E-state index in [2.05, 4.69) is 10.3 Å². The number of halogens is 1. The molecule has 2 N–H and O–H groups in total. The Morgan fingerprint density at radius 1 is 1.55 bits per heavy atom. The van der Waals surface area contributed by atoms with E-state index < -0.39 is 29.5 Å². The van der Waals surface area contributed by atoms with Crippen LogP contribution >= 0.6 is 0 Å². The van der Waals surface area contributed by atoms with Crippen molar-refractivity contribution in [2.24, 2.45) is 0 Å². The lowest BCUT2D eigenvalue weighted by Crippen LogP contribution is -2.44. The van der Waals surface area contributed by atoms with Crippen LogP contribution in [0.1, 0.15) is 32.0 Å². The summed E-state index contributed by atoms with van der Waals surface area (Å²) >= 11 is 0. The smallest absolute Gasteiger partial charge is 0.408 e. The predicted molar refractivity (Wildman–Crippen MR) is 73.4 cm³/mol. The predicted octanol–water partition coefficient (Wildman–Crippen LogP) is 1.61. The lowest BCUT2D eigenvalue weighted by Gasteiger charge is -2.22. The van der Waals surface area contributed by atoms with E-state index in [9.17, 15) is 14.0 Å². The number of carbonyl (C=O) groups excluding carboxylic acids is 1. The SMILES string of the molecule is CC(C)(C)OC(=O)NC(Cc1cnc(C#N)c(F)c1)C(=O)O. The summed E-state index contributed by atoms with van der Waals surface area (Å²) in [5, 5.41) is 19.9. The molecule has 0 aliphatic carbocycles. The summed E-state index contributed by atoms with van der Waals surface area (Å²) < 4.78 is 18.4. The van der Waals surface area contributed by atoms with Gasteiger partial charge in [-0.25, -0.2) is 19.0 Å². The molecule has 0 spiro atoms. The molecule has 1 aromatic rings. The molecule has 0 fully saturated rings. The normalized spacial score (nSPS) is 12.1. The van der Waals surface area contributed by atoms with Gasteiger partial charge in [-0.2, -0.15) is 5.26 Å². The number of nitrogens with one attached hydrogen (secondary N) is 1. The Kier molecular flexibility index (Phi) is 5.40. The Bertz CT molecular complexity index is 619. The van der Waals surface area contributed by atoms with Crippen LogP contribution in [0.15, 0.2) is 12.3 Å². The first-order chi connectivity index (χ1) is 10.1. The minimum atomic E-state index is -1.30. The topological polar surface area (TPSA) is 112 Å². The first-order valence-electron chi connectivity index (χ1n) is 6.39. The van der Waals surface area contributed by atoms with E-state index >= 15 is 0 Å². The average molecular weight is 309 g/mol. The Balaban J connectivity index is 2.81. The van der Waals surface area contributed by atoms with Crippen molar-refractivity contribution in [2.45, 2.75) is 38.8 Å². The minimum Gasteiger partial charge on any atom is -0.480 e. The number of ether oxygens (including phenoxy) is 1. The fourth-order valence-corrected chi connectivity index (χ4v) is 1.56. The second-order valence-corrected chi connectivity index (χ2v) is 5.53. The average Bonchev–Trinajstić information content (AvgIpc) is 2.35. The van der Waals surface area contributed by atoms with Gasteiger partial charge in [0, 0.05) is 12.6 Å². The Morgan fingerprint density at radius 3 is 2.64 bits per heavy atom. The quantitative estimate of drug-likeness (QED) is 0.873. The van der Waals surface area contributed by atoms with Crippen molar-refractivity contribution in [3.63, 3.8) is 0 Å². The van der Waals surface area contributed by atoms with Gasteiger partial charge >= 0.3 is 12.1 Å². The van der Waals surface area contributed by atoms with E-state index in [4.69, 9.17) is 15.1 Å². The largest absolute Gasteiger partial charge is 0.480 e. The van der Waals surface area contributed by atoms with Crippen LogP contribution in [0, 0.1) is 17.1 Å². The fourth-order valence-electron chi connectivity index (χ4n) is 1.56. The van der Waals surface area contributed by atoms with Crippen molar-refractivity contribution in [3.05, 3.63) is 29.3 Å². The number of carboxylic acid groups (broad SMARTS) is 1. The molecule has 0 radical (unpaired) electrons. The summed E-state index contributed by atoms with van der Waals surface area (Å²) in [4.78, 5) is 26.4. The first kappa shape index (κ1) is 17.4. The van der Waals surface area contributed by atoms with Crippen molar-refractivity contribution in [2.75, 3.05) is 0 Å². The van der Waals surface area contributed by atoms with Gasteiger partial charge in [-0.3, -0.25) is 0 Å². The third kappa shape index (κ3) is 5.36. The molecular weight excluding hydrogens is 293 g/mol. The zero-order valence-corrected chi connectivity index (χ0v) is 12.4. The number of carbonyl (C=O) groups is 2. The molecule has 0 aliphatic rings. The fraction of sp³-hybridized carbons (Fsp3) is 0.429. The maximum Gasteiger partial charge on any atom is 0.408 e. The highest BCUT2D eigenvalue weighted by Gasteiger charge is 2.24. The third-order valence-electron chi connectivity index (χ3n) is 2.43. The van der Waals surface area contributed by atoms with Crippen LogP contribution < -0.4 is 5.32 Å². The van der Waals surface area contributed by atoms with Crippen LogP contribution in [0.3, 0.4) is 0 Å². The molecule has 0 aromatic carbocycles. The molecule has 1 aromatic heterocycles.